The molecule has 2 rings (SSSR count). The molecule has 0 bridgehead atoms. The first-order valence-corrected chi connectivity index (χ1v) is 9.05. The molecule has 0 heterocycles. The van der Waals surface area contributed by atoms with Crippen LogP contribution in [0.3, 0.4) is 0 Å². The quantitative estimate of drug-likeness (QED) is 0.561. The Morgan fingerprint density at radius 3 is 2.29 bits per heavy atom. The Bertz CT molecular complexity index is 862. The van der Waals surface area contributed by atoms with E-state index in [-0.39, 0.29) is 12.5 Å². The van der Waals surface area contributed by atoms with Crippen molar-refractivity contribution >= 4 is 29.2 Å². The van der Waals surface area contributed by atoms with E-state index in [0.717, 1.165) is 16.8 Å². The Labute approximate surface area is 164 Å². The zero-order valence-corrected chi connectivity index (χ0v) is 16.2. The van der Waals surface area contributed by atoms with Crippen LogP contribution in [0.2, 0.25) is 0 Å². The topological polar surface area (TPSA) is 108 Å². The Morgan fingerprint density at radius 1 is 1.04 bits per heavy atom. The molecule has 0 aliphatic carbocycles. The van der Waals surface area contributed by atoms with Gasteiger partial charge >= 0.3 is 5.97 Å². The first-order chi connectivity index (χ1) is 13.3. The number of benzene rings is 2. The summed E-state index contributed by atoms with van der Waals surface area (Å²) in [6.45, 7) is 5.79. The Morgan fingerprint density at radius 2 is 1.71 bits per heavy atom. The molecule has 7 heteroatoms. The lowest BCUT2D eigenvalue weighted by Gasteiger charge is -2.13. The number of carboxylic acid groups (broad SMARTS) is 1. The molecule has 0 aliphatic heterocycles. The van der Waals surface area contributed by atoms with E-state index in [9.17, 15) is 14.4 Å². The molecule has 148 valence electrons. The van der Waals surface area contributed by atoms with Crippen molar-refractivity contribution in [3.63, 3.8) is 0 Å². The molecule has 2 aromatic carbocycles. The van der Waals surface area contributed by atoms with Crippen LogP contribution in [0.4, 0.5) is 11.4 Å². The molecular weight excluding hydrogens is 358 g/mol. The van der Waals surface area contributed by atoms with Crippen LogP contribution in [0.1, 0.15) is 34.8 Å². The number of rotatable bonds is 8. The van der Waals surface area contributed by atoms with Gasteiger partial charge in [0.15, 0.2) is 0 Å². The van der Waals surface area contributed by atoms with Gasteiger partial charge in [-0.1, -0.05) is 24.6 Å². The summed E-state index contributed by atoms with van der Waals surface area (Å²) < 4.78 is 0. The molecule has 4 N–H and O–H groups in total. The lowest BCUT2D eigenvalue weighted by molar-refractivity contribution is -0.139. The highest BCUT2D eigenvalue weighted by Crippen LogP contribution is 2.16. The van der Waals surface area contributed by atoms with E-state index in [1.165, 1.54) is 12.1 Å². The molecule has 2 amide bonds. The summed E-state index contributed by atoms with van der Waals surface area (Å²) in [5, 5.41) is 17.3. The summed E-state index contributed by atoms with van der Waals surface area (Å²) in [7, 11) is 0. The SMILES string of the molecule is CCC(NC(=O)c1ccc(NC(=O)CNc2ccc(C)cc2C)cc1)C(=O)O. The van der Waals surface area contributed by atoms with Gasteiger partial charge in [-0.2, -0.15) is 0 Å². The zero-order valence-electron chi connectivity index (χ0n) is 16.2. The fourth-order valence-electron chi connectivity index (χ4n) is 2.68. The van der Waals surface area contributed by atoms with Crippen LogP contribution in [-0.4, -0.2) is 35.5 Å². The van der Waals surface area contributed by atoms with E-state index in [0.29, 0.717) is 17.7 Å². The number of nitrogens with one attached hydrogen (secondary N) is 3. The molecule has 0 saturated carbocycles. The van der Waals surface area contributed by atoms with Crippen molar-refractivity contribution in [2.75, 3.05) is 17.2 Å². The van der Waals surface area contributed by atoms with Gasteiger partial charge in [0.2, 0.25) is 5.91 Å². The van der Waals surface area contributed by atoms with Crippen molar-refractivity contribution < 1.29 is 19.5 Å². The van der Waals surface area contributed by atoms with E-state index in [4.69, 9.17) is 5.11 Å². The van der Waals surface area contributed by atoms with Crippen molar-refractivity contribution in [3.8, 4) is 0 Å². The van der Waals surface area contributed by atoms with Gasteiger partial charge < -0.3 is 21.1 Å². The number of carboxylic acids is 1. The molecule has 2 aromatic rings. The largest absolute Gasteiger partial charge is 0.480 e. The highest BCUT2D eigenvalue weighted by atomic mass is 16.4. The van der Waals surface area contributed by atoms with Crippen LogP contribution in [-0.2, 0) is 9.59 Å². The molecule has 0 saturated heterocycles. The molecule has 7 nitrogen and oxygen atoms in total. The molecule has 1 atom stereocenters. The average Bonchev–Trinajstić information content (AvgIpc) is 2.65. The maximum atomic E-state index is 12.1. The number of carbonyl (C=O) groups excluding carboxylic acids is 2. The standard InChI is InChI=1S/C21H25N3O4/c1-4-17(21(27)28)24-20(26)15-6-8-16(9-7-15)23-19(25)12-22-18-10-5-13(2)11-14(18)3/h5-11,17,22H,4,12H2,1-3H3,(H,23,25)(H,24,26)(H,27,28). The Kier molecular flexibility index (Phi) is 7.14. The van der Waals surface area contributed by atoms with Crippen molar-refractivity contribution in [1.82, 2.24) is 5.32 Å². The lowest BCUT2D eigenvalue weighted by Crippen LogP contribution is -2.40. The van der Waals surface area contributed by atoms with Crippen LogP contribution in [0, 0.1) is 13.8 Å². The minimum atomic E-state index is -1.07. The molecule has 1 unspecified atom stereocenters. The van der Waals surface area contributed by atoms with Gasteiger partial charge in [-0.25, -0.2) is 4.79 Å². The summed E-state index contributed by atoms with van der Waals surface area (Å²) in [5.41, 5.74) is 4.00. The second-order valence-corrected chi connectivity index (χ2v) is 6.57. The third kappa shape index (κ3) is 5.84. The fraction of sp³-hybridized carbons (Fsp3) is 0.286. The van der Waals surface area contributed by atoms with Crippen LogP contribution >= 0.6 is 0 Å². The van der Waals surface area contributed by atoms with Gasteiger partial charge in [0, 0.05) is 16.9 Å². The number of amides is 2. The fourth-order valence-corrected chi connectivity index (χ4v) is 2.68. The minimum Gasteiger partial charge on any atom is -0.480 e. The third-order valence-corrected chi connectivity index (χ3v) is 4.26. The van der Waals surface area contributed by atoms with Crippen LogP contribution in [0.25, 0.3) is 0 Å². The second-order valence-electron chi connectivity index (χ2n) is 6.57. The van der Waals surface area contributed by atoms with Gasteiger partial charge in [-0.15, -0.1) is 0 Å². The van der Waals surface area contributed by atoms with Gasteiger partial charge in [0.05, 0.1) is 6.54 Å². The first kappa shape index (κ1) is 21.0. The molecule has 0 aromatic heterocycles. The lowest BCUT2D eigenvalue weighted by atomic mass is 10.1. The van der Waals surface area contributed by atoms with Gasteiger partial charge in [-0.3, -0.25) is 9.59 Å². The maximum Gasteiger partial charge on any atom is 0.326 e. The van der Waals surface area contributed by atoms with Crippen molar-refractivity contribution in [2.24, 2.45) is 0 Å². The van der Waals surface area contributed by atoms with E-state index in [2.05, 4.69) is 16.0 Å². The van der Waals surface area contributed by atoms with Crippen LogP contribution < -0.4 is 16.0 Å². The van der Waals surface area contributed by atoms with E-state index in [1.54, 1.807) is 19.1 Å². The number of anilines is 2. The first-order valence-electron chi connectivity index (χ1n) is 9.05. The van der Waals surface area contributed by atoms with Gasteiger partial charge in [-0.05, 0) is 56.2 Å². The Balaban J connectivity index is 1.90. The smallest absolute Gasteiger partial charge is 0.326 e. The van der Waals surface area contributed by atoms with Crippen molar-refractivity contribution in [3.05, 3.63) is 59.2 Å². The second kappa shape index (κ2) is 9.55. The van der Waals surface area contributed by atoms with Gasteiger partial charge in [0.1, 0.15) is 6.04 Å². The minimum absolute atomic E-state index is 0.114. The maximum absolute atomic E-state index is 12.1. The monoisotopic (exact) mass is 383 g/mol. The zero-order chi connectivity index (χ0) is 20.7. The molecule has 28 heavy (non-hydrogen) atoms. The third-order valence-electron chi connectivity index (χ3n) is 4.26. The van der Waals surface area contributed by atoms with Crippen LogP contribution in [0.5, 0.6) is 0 Å². The summed E-state index contributed by atoms with van der Waals surface area (Å²) in [6, 6.07) is 11.3. The number of hydrogen-bond donors (Lipinski definition) is 4. The number of aryl methyl sites for hydroxylation is 2. The van der Waals surface area contributed by atoms with Gasteiger partial charge in [0.25, 0.3) is 5.91 Å². The average molecular weight is 383 g/mol. The summed E-state index contributed by atoms with van der Waals surface area (Å²) >= 11 is 0. The molecule has 0 spiro atoms. The van der Waals surface area contributed by atoms with E-state index < -0.39 is 17.9 Å². The predicted octanol–water partition coefficient (Wildman–Crippen LogP) is 2.95. The van der Waals surface area contributed by atoms with Crippen molar-refractivity contribution in [1.29, 1.82) is 0 Å². The molecule has 0 aliphatic rings. The number of hydrogen-bond acceptors (Lipinski definition) is 4. The summed E-state index contributed by atoms with van der Waals surface area (Å²) in [6.07, 6.45) is 0.294. The Hall–Kier alpha value is -3.35. The predicted molar refractivity (Wildman–Crippen MR) is 109 cm³/mol. The number of carbonyl (C=O) groups is 3. The van der Waals surface area contributed by atoms with Crippen LogP contribution in [0.15, 0.2) is 42.5 Å². The van der Waals surface area contributed by atoms with E-state index in [1.807, 2.05) is 32.0 Å². The molecule has 0 fully saturated rings. The highest BCUT2D eigenvalue weighted by Gasteiger charge is 2.18. The van der Waals surface area contributed by atoms with Crippen molar-refractivity contribution in [2.45, 2.75) is 33.2 Å². The highest BCUT2D eigenvalue weighted by molar-refractivity contribution is 5.98. The number of aliphatic carboxylic acids is 1. The summed E-state index contributed by atoms with van der Waals surface area (Å²) in [5.74, 6) is -1.76. The molecular formula is C21H25N3O4. The van der Waals surface area contributed by atoms with E-state index >= 15 is 0 Å². The summed E-state index contributed by atoms with van der Waals surface area (Å²) in [4.78, 5) is 35.2. The molecule has 0 radical (unpaired) electrons. The normalized spacial score (nSPS) is 11.4.